The van der Waals surface area contributed by atoms with Crippen molar-refractivity contribution in [1.82, 2.24) is 4.57 Å². The van der Waals surface area contributed by atoms with Crippen molar-refractivity contribution in [1.29, 1.82) is 0 Å². The van der Waals surface area contributed by atoms with E-state index in [2.05, 4.69) is 11.5 Å². The molecule has 1 aliphatic rings. The van der Waals surface area contributed by atoms with Gasteiger partial charge in [0.25, 0.3) is 0 Å². The average Bonchev–Trinajstić information content (AvgIpc) is 2.23. The van der Waals surface area contributed by atoms with Gasteiger partial charge in [-0.3, -0.25) is 4.57 Å². The van der Waals surface area contributed by atoms with Gasteiger partial charge in [0.1, 0.15) is 0 Å². The van der Waals surface area contributed by atoms with Crippen molar-refractivity contribution in [2.45, 2.75) is 32.2 Å². The quantitative estimate of drug-likeness (QED) is 0.649. The second kappa shape index (κ2) is 5.10. The van der Waals surface area contributed by atoms with Crippen LogP contribution >= 0.6 is 0 Å². The Labute approximate surface area is 82.3 Å². The highest BCUT2D eigenvalue weighted by molar-refractivity contribution is 6.64. The lowest BCUT2D eigenvalue weighted by molar-refractivity contribution is 0.149. The molecule has 1 heterocycles. The monoisotopic (exact) mass is 203 g/mol. The Hall–Kier alpha value is 0.0969. The van der Waals surface area contributed by atoms with Gasteiger partial charge >= 0.3 is 8.72 Å². The van der Waals surface area contributed by atoms with Crippen LogP contribution in [-0.2, 0) is 8.85 Å². The van der Waals surface area contributed by atoms with Gasteiger partial charge in [0.05, 0.1) is 0 Å². The van der Waals surface area contributed by atoms with Crippen LogP contribution < -0.4 is 0 Å². The van der Waals surface area contributed by atoms with Crippen molar-refractivity contribution < 1.29 is 8.85 Å². The topological polar surface area (TPSA) is 21.7 Å². The highest BCUT2D eigenvalue weighted by Crippen LogP contribution is 2.21. The summed E-state index contributed by atoms with van der Waals surface area (Å²) in [4.78, 5) is 0. The second-order valence-corrected chi connectivity index (χ2v) is 7.10. The molecular weight excluding hydrogens is 182 g/mol. The van der Waals surface area contributed by atoms with Crippen molar-refractivity contribution in [2.75, 3.05) is 27.3 Å². The number of hydrogen-bond donors (Lipinski definition) is 0. The summed E-state index contributed by atoms with van der Waals surface area (Å²) >= 11 is 0. The largest absolute Gasteiger partial charge is 0.426 e. The molecule has 0 aromatic rings. The highest BCUT2D eigenvalue weighted by Gasteiger charge is 2.41. The summed E-state index contributed by atoms with van der Waals surface area (Å²) < 4.78 is 13.7. The Bertz CT molecular complexity index is 136. The maximum atomic E-state index is 5.62. The van der Waals surface area contributed by atoms with Gasteiger partial charge in [-0.15, -0.1) is 0 Å². The van der Waals surface area contributed by atoms with E-state index in [-0.39, 0.29) is 0 Å². The average molecular weight is 203 g/mol. The van der Waals surface area contributed by atoms with Gasteiger partial charge < -0.3 is 8.85 Å². The molecule has 1 saturated heterocycles. The Morgan fingerprint density at radius 2 is 1.62 bits per heavy atom. The molecule has 0 aromatic heterocycles. The molecule has 0 unspecified atom stereocenters. The lowest BCUT2D eigenvalue weighted by atomic mass is 10.2. The smallest absolute Gasteiger partial charge is 0.386 e. The maximum Gasteiger partial charge on any atom is 0.426 e. The fraction of sp³-hybridized carbons (Fsp3) is 1.00. The van der Waals surface area contributed by atoms with Crippen molar-refractivity contribution in [3.63, 3.8) is 0 Å². The van der Waals surface area contributed by atoms with Crippen LogP contribution in [0.3, 0.4) is 0 Å². The molecule has 0 spiro atoms. The molecule has 0 aromatic carbocycles. The van der Waals surface area contributed by atoms with Crippen LogP contribution in [0.5, 0.6) is 0 Å². The van der Waals surface area contributed by atoms with Gasteiger partial charge in [0.15, 0.2) is 0 Å². The minimum absolute atomic E-state index is 1.01. The number of hydrogen-bond acceptors (Lipinski definition) is 3. The molecule has 0 bridgehead atoms. The fourth-order valence-electron chi connectivity index (χ4n) is 2.09. The van der Waals surface area contributed by atoms with E-state index in [1.54, 1.807) is 14.2 Å². The predicted octanol–water partition coefficient (Wildman–Crippen LogP) is 1.72. The van der Waals surface area contributed by atoms with Gasteiger partial charge in [-0.1, -0.05) is 13.3 Å². The van der Waals surface area contributed by atoms with Gasteiger partial charge in [-0.2, -0.15) is 0 Å². The molecule has 0 saturated carbocycles. The summed E-state index contributed by atoms with van der Waals surface area (Å²) in [6, 6.07) is 1.01. The number of rotatable bonds is 4. The molecule has 0 radical (unpaired) electrons. The molecule has 0 amide bonds. The Morgan fingerprint density at radius 3 is 2.00 bits per heavy atom. The van der Waals surface area contributed by atoms with E-state index < -0.39 is 8.72 Å². The molecular formula is C9H21NO2Si. The van der Waals surface area contributed by atoms with Gasteiger partial charge in [-0.25, -0.2) is 0 Å². The van der Waals surface area contributed by atoms with Crippen molar-refractivity contribution in [3.05, 3.63) is 0 Å². The summed E-state index contributed by atoms with van der Waals surface area (Å²) in [5, 5.41) is 0. The van der Waals surface area contributed by atoms with Crippen LogP contribution in [0.15, 0.2) is 0 Å². The molecule has 0 N–H and O–H groups in total. The zero-order valence-corrected chi connectivity index (χ0v) is 10.0. The summed E-state index contributed by atoms with van der Waals surface area (Å²) in [7, 11) is 1.59. The standard InChI is InChI=1S/C9H21NO2Si/c1-4-13(11-2,12-3)10-8-6-5-7-9-10/h4-9H2,1-3H3. The molecule has 3 nitrogen and oxygen atoms in total. The Balaban J connectivity index is 2.60. The minimum atomic E-state index is -1.98. The van der Waals surface area contributed by atoms with Crippen LogP contribution in [0.1, 0.15) is 26.2 Å². The molecule has 1 rings (SSSR count). The molecule has 0 aliphatic carbocycles. The third kappa shape index (κ3) is 2.31. The van der Waals surface area contributed by atoms with E-state index in [0.29, 0.717) is 0 Å². The molecule has 4 heteroatoms. The van der Waals surface area contributed by atoms with Crippen molar-refractivity contribution >= 4 is 8.72 Å². The van der Waals surface area contributed by atoms with Crippen LogP contribution in [0.25, 0.3) is 0 Å². The van der Waals surface area contributed by atoms with Crippen LogP contribution in [-0.4, -0.2) is 40.6 Å². The van der Waals surface area contributed by atoms with E-state index in [1.165, 1.54) is 19.3 Å². The predicted molar refractivity (Wildman–Crippen MR) is 55.7 cm³/mol. The summed E-state index contributed by atoms with van der Waals surface area (Å²) in [6.07, 6.45) is 3.95. The first-order chi connectivity index (χ1) is 6.29. The lowest BCUT2D eigenvalue weighted by Crippen LogP contribution is -2.58. The SMILES string of the molecule is CC[Si](OC)(OC)N1CCCCC1. The maximum absolute atomic E-state index is 5.62. The highest BCUT2D eigenvalue weighted by atomic mass is 28.4. The summed E-state index contributed by atoms with van der Waals surface area (Å²) in [5.41, 5.74) is 0. The van der Waals surface area contributed by atoms with E-state index in [1.807, 2.05) is 0 Å². The minimum Gasteiger partial charge on any atom is -0.386 e. The van der Waals surface area contributed by atoms with Crippen LogP contribution in [0.2, 0.25) is 6.04 Å². The first kappa shape index (κ1) is 11.2. The van der Waals surface area contributed by atoms with Crippen LogP contribution in [0.4, 0.5) is 0 Å². The zero-order valence-electron chi connectivity index (χ0n) is 9.01. The normalized spacial score (nSPS) is 20.5. The molecule has 13 heavy (non-hydrogen) atoms. The van der Waals surface area contributed by atoms with E-state index in [4.69, 9.17) is 8.85 Å². The first-order valence-corrected chi connectivity index (χ1v) is 7.11. The Kier molecular flexibility index (Phi) is 4.38. The van der Waals surface area contributed by atoms with Crippen LogP contribution in [0, 0.1) is 0 Å². The molecule has 78 valence electrons. The number of piperidine rings is 1. The second-order valence-electron chi connectivity index (χ2n) is 3.52. The van der Waals surface area contributed by atoms with E-state index >= 15 is 0 Å². The summed E-state index contributed by atoms with van der Waals surface area (Å²) in [6.45, 7) is 4.47. The van der Waals surface area contributed by atoms with E-state index in [0.717, 1.165) is 19.1 Å². The van der Waals surface area contributed by atoms with Gasteiger partial charge in [0.2, 0.25) is 0 Å². The Morgan fingerprint density at radius 1 is 1.08 bits per heavy atom. The molecule has 1 fully saturated rings. The zero-order chi connectivity index (χ0) is 9.73. The first-order valence-electron chi connectivity index (χ1n) is 5.14. The summed E-state index contributed by atoms with van der Waals surface area (Å²) in [5.74, 6) is 0. The number of nitrogens with zero attached hydrogens (tertiary/aromatic N) is 1. The third-order valence-electron chi connectivity index (χ3n) is 2.92. The molecule has 1 aliphatic heterocycles. The molecule has 0 atom stereocenters. The van der Waals surface area contributed by atoms with Crippen molar-refractivity contribution in [3.8, 4) is 0 Å². The van der Waals surface area contributed by atoms with Gasteiger partial charge in [0, 0.05) is 20.3 Å². The fourth-order valence-corrected chi connectivity index (χ4v) is 4.79. The van der Waals surface area contributed by atoms with Gasteiger partial charge in [-0.05, 0) is 25.9 Å². The lowest BCUT2D eigenvalue weighted by Gasteiger charge is -2.39. The van der Waals surface area contributed by atoms with Crippen molar-refractivity contribution in [2.24, 2.45) is 0 Å². The third-order valence-corrected chi connectivity index (χ3v) is 6.50. The van der Waals surface area contributed by atoms with E-state index in [9.17, 15) is 0 Å².